The summed E-state index contributed by atoms with van der Waals surface area (Å²) < 4.78 is 18.3. The molecule has 1 amide bonds. The van der Waals surface area contributed by atoms with Gasteiger partial charge in [0, 0.05) is 16.7 Å². The first kappa shape index (κ1) is 20.3. The molecule has 0 fully saturated rings. The van der Waals surface area contributed by atoms with E-state index in [-0.39, 0.29) is 11.5 Å². The molecule has 0 unspecified atom stereocenters. The molecule has 0 saturated carbocycles. The largest absolute Gasteiger partial charge is 0.451 e. The second kappa shape index (κ2) is 8.12. The monoisotopic (exact) mass is 371 g/mol. The SMILES string of the molecule is C[C@H](OC(=O)c1cccc(F)c1)C(=O)c1ccc(NC(=O)C(C)(C)C)cc1. The van der Waals surface area contributed by atoms with Crippen molar-refractivity contribution >= 4 is 23.3 Å². The molecule has 0 saturated heterocycles. The van der Waals surface area contributed by atoms with E-state index in [2.05, 4.69) is 5.32 Å². The summed E-state index contributed by atoms with van der Waals surface area (Å²) in [6.07, 6.45) is -1.03. The number of carbonyl (C=O) groups excluding carboxylic acids is 3. The highest BCUT2D eigenvalue weighted by molar-refractivity contribution is 6.02. The van der Waals surface area contributed by atoms with Crippen LogP contribution in [0.1, 0.15) is 48.4 Å². The van der Waals surface area contributed by atoms with Gasteiger partial charge in [-0.15, -0.1) is 0 Å². The summed E-state index contributed by atoms with van der Waals surface area (Å²) >= 11 is 0. The number of esters is 1. The van der Waals surface area contributed by atoms with E-state index < -0.39 is 29.1 Å². The highest BCUT2D eigenvalue weighted by Crippen LogP contribution is 2.18. The predicted octanol–water partition coefficient (Wildman–Crippen LogP) is 4.24. The second-order valence-corrected chi connectivity index (χ2v) is 7.20. The summed E-state index contributed by atoms with van der Waals surface area (Å²) in [7, 11) is 0. The van der Waals surface area contributed by atoms with Crippen molar-refractivity contribution in [1.29, 1.82) is 0 Å². The number of carbonyl (C=O) groups is 3. The number of amides is 1. The van der Waals surface area contributed by atoms with Crippen LogP contribution in [0.4, 0.5) is 10.1 Å². The zero-order valence-corrected chi connectivity index (χ0v) is 15.7. The fourth-order valence-electron chi connectivity index (χ4n) is 2.17. The van der Waals surface area contributed by atoms with Gasteiger partial charge in [0.15, 0.2) is 6.10 Å². The Hall–Kier alpha value is -3.02. The smallest absolute Gasteiger partial charge is 0.338 e. The first-order chi connectivity index (χ1) is 12.6. The van der Waals surface area contributed by atoms with E-state index in [9.17, 15) is 18.8 Å². The molecule has 1 N–H and O–H groups in total. The molecule has 0 aromatic heterocycles. The van der Waals surface area contributed by atoms with E-state index in [0.29, 0.717) is 11.3 Å². The molecular formula is C21H22FNO4. The Bertz CT molecular complexity index is 853. The molecule has 0 bridgehead atoms. The van der Waals surface area contributed by atoms with Gasteiger partial charge in [-0.1, -0.05) is 26.8 Å². The Morgan fingerprint density at radius 1 is 1.00 bits per heavy atom. The van der Waals surface area contributed by atoms with Crippen molar-refractivity contribution in [2.45, 2.75) is 33.8 Å². The summed E-state index contributed by atoms with van der Waals surface area (Å²) in [5, 5.41) is 2.77. The van der Waals surface area contributed by atoms with Crippen LogP contribution in [0.2, 0.25) is 0 Å². The standard InChI is InChI=1S/C21H22FNO4/c1-13(27-19(25)15-6-5-7-16(22)12-15)18(24)14-8-10-17(11-9-14)23-20(26)21(2,3)4/h5-13H,1-4H3,(H,23,26)/t13-/m0/s1. The Morgan fingerprint density at radius 2 is 1.63 bits per heavy atom. The van der Waals surface area contributed by atoms with Crippen molar-refractivity contribution in [3.8, 4) is 0 Å². The average Bonchev–Trinajstić information content (AvgIpc) is 2.60. The molecule has 1 atom stereocenters. The minimum Gasteiger partial charge on any atom is -0.451 e. The number of benzene rings is 2. The maximum atomic E-state index is 13.2. The lowest BCUT2D eigenvalue weighted by Crippen LogP contribution is -2.27. The molecule has 142 valence electrons. The first-order valence-electron chi connectivity index (χ1n) is 8.50. The molecule has 0 heterocycles. The zero-order chi connectivity index (χ0) is 20.2. The fraction of sp³-hybridized carbons (Fsp3) is 0.286. The highest BCUT2D eigenvalue weighted by Gasteiger charge is 2.22. The van der Waals surface area contributed by atoms with Crippen molar-refractivity contribution in [2.24, 2.45) is 5.41 Å². The number of anilines is 1. The highest BCUT2D eigenvalue weighted by atomic mass is 19.1. The van der Waals surface area contributed by atoms with Crippen LogP contribution < -0.4 is 5.32 Å². The maximum absolute atomic E-state index is 13.2. The zero-order valence-electron chi connectivity index (χ0n) is 15.7. The third-order valence-electron chi connectivity index (χ3n) is 3.82. The topological polar surface area (TPSA) is 72.5 Å². The van der Waals surface area contributed by atoms with Crippen LogP contribution in [0.25, 0.3) is 0 Å². The van der Waals surface area contributed by atoms with Crippen molar-refractivity contribution in [1.82, 2.24) is 0 Å². The minimum atomic E-state index is -1.03. The number of hydrogen-bond donors (Lipinski definition) is 1. The van der Waals surface area contributed by atoms with Crippen LogP contribution >= 0.6 is 0 Å². The molecule has 27 heavy (non-hydrogen) atoms. The molecule has 0 aliphatic rings. The van der Waals surface area contributed by atoms with Gasteiger partial charge in [0.2, 0.25) is 11.7 Å². The number of halogens is 1. The lowest BCUT2D eigenvalue weighted by atomic mass is 9.95. The van der Waals surface area contributed by atoms with Gasteiger partial charge in [0.1, 0.15) is 5.82 Å². The maximum Gasteiger partial charge on any atom is 0.338 e. The van der Waals surface area contributed by atoms with E-state index >= 15 is 0 Å². The number of ketones is 1. The number of ether oxygens (including phenoxy) is 1. The fourth-order valence-corrected chi connectivity index (χ4v) is 2.17. The molecule has 5 nitrogen and oxygen atoms in total. The van der Waals surface area contributed by atoms with Gasteiger partial charge >= 0.3 is 5.97 Å². The van der Waals surface area contributed by atoms with Crippen LogP contribution in [0, 0.1) is 11.2 Å². The average molecular weight is 371 g/mol. The molecule has 6 heteroatoms. The summed E-state index contributed by atoms with van der Waals surface area (Å²) in [6.45, 7) is 6.85. The van der Waals surface area contributed by atoms with Crippen molar-refractivity contribution in [3.05, 3.63) is 65.5 Å². The lowest BCUT2D eigenvalue weighted by molar-refractivity contribution is -0.123. The first-order valence-corrected chi connectivity index (χ1v) is 8.50. The van der Waals surface area contributed by atoms with Crippen LogP contribution in [0.3, 0.4) is 0 Å². The molecule has 0 radical (unpaired) electrons. The molecule has 2 aromatic carbocycles. The van der Waals surface area contributed by atoms with Crippen LogP contribution in [0.5, 0.6) is 0 Å². The predicted molar refractivity (Wildman–Crippen MR) is 100 cm³/mol. The van der Waals surface area contributed by atoms with Gasteiger partial charge in [-0.05, 0) is 49.4 Å². The van der Waals surface area contributed by atoms with Crippen molar-refractivity contribution in [3.63, 3.8) is 0 Å². The van der Waals surface area contributed by atoms with Crippen molar-refractivity contribution in [2.75, 3.05) is 5.32 Å². The van der Waals surface area contributed by atoms with Crippen LogP contribution in [-0.4, -0.2) is 23.8 Å². The Kier molecular flexibility index (Phi) is 6.10. The molecule has 2 rings (SSSR count). The third-order valence-corrected chi connectivity index (χ3v) is 3.82. The van der Waals surface area contributed by atoms with Gasteiger partial charge in [-0.2, -0.15) is 0 Å². The van der Waals surface area contributed by atoms with E-state index in [4.69, 9.17) is 4.74 Å². The summed E-state index contributed by atoms with van der Waals surface area (Å²) in [6, 6.07) is 11.4. The quantitative estimate of drug-likeness (QED) is 0.630. The second-order valence-electron chi connectivity index (χ2n) is 7.20. The van der Waals surface area contributed by atoms with Gasteiger partial charge in [-0.3, -0.25) is 9.59 Å². The summed E-state index contributed by atoms with van der Waals surface area (Å²) in [5.74, 6) is -1.87. The van der Waals surface area contributed by atoms with E-state index in [1.54, 1.807) is 45.0 Å². The normalized spacial score (nSPS) is 12.2. The Labute approximate surface area is 157 Å². The van der Waals surface area contributed by atoms with Gasteiger partial charge < -0.3 is 10.1 Å². The summed E-state index contributed by atoms with van der Waals surface area (Å²) in [4.78, 5) is 36.4. The molecule has 0 aliphatic carbocycles. The molecular weight excluding hydrogens is 349 g/mol. The number of hydrogen-bond acceptors (Lipinski definition) is 4. The number of nitrogens with one attached hydrogen (secondary N) is 1. The molecule has 2 aromatic rings. The van der Waals surface area contributed by atoms with E-state index in [1.807, 2.05) is 0 Å². The third kappa shape index (κ3) is 5.48. The minimum absolute atomic E-state index is 0.0369. The van der Waals surface area contributed by atoms with Crippen LogP contribution in [-0.2, 0) is 9.53 Å². The number of Topliss-reactive ketones (excluding diaryl/α,β-unsaturated/α-hetero) is 1. The van der Waals surface area contributed by atoms with Gasteiger partial charge in [-0.25, -0.2) is 9.18 Å². The lowest BCUT2D eigenvalue weighted by Gasteiger charge is -2.18. The van der Waals surface area contributed by atoms with Gasteiger partial charge in [0.05, 0.1) is 5.56 Å². The van der Waals surface area contributed by atoms with Crippen molar-refractivity contribution < 1.29 is 23.5 Å². The molecule has 0 aliphatic heterocycles. The van der Waals surface area contributed by atoms with Gasteiger partial charge in [0.25, 0.3) is 0 Å². The Balaban J connectivity index is 2.02. The number of rotatable bonds is 5. The molecule has 0 spiro atoms. The van der Waals surface area contributed by atoms with E-state index in [0.717, 1.165) is 6.07 Å². The van der Waals surface area contributed by atoms with Crippen LogP contribution in [0.15, 0.2) is 48.5 Å². The van der Waals surface area contributed by atoms with E-state index in [1.165, 1.54) is 25.1 Å². The Morgan fingerprint density at radius 3 is 2.19 bits per heavy atom. The summed E-state index contributed by atoms with van der Waals surface area (Å²) in [5.41, 5.74) is 0.405.